The maximum absolute atomic E-state index is 11.8. The van der Waals surface area contributed by atoms with E-state index in [1.54, 1.807) is 7.05 Å². The van der Waals surface area contributed by atoms with E-state index < -0.39 is 6.09 Å². The highest BCUT2D eigenvalue weighted by Gasteiger charge is 2.32. The normalized spacial score (nSPS) is 22.1. The standard InChI is InChI=1S/C12H20N4O4/c1-15(4-5-17)11(18)6-9-8-16(12(19)20)10(2-3-13)7-14-9/h9-10,14,17H,2,4-8H2,1H3,(H,19,20). The summed E-state index contributed by atoms with van der Waals surface area (Å²) >= 11 is 0. The summed E-state index contributed by atoms with van der Waals surface area (Å²) in [5.74, 6) is -0.152. The molecule has 0 aromatic carbocycles. The number of aliphatic hydroxyl groups excluding tert-OH is 1. The number of likely N-dealkylation sites (N-methyl/N-ethyl adjacent to an activating group) is 1. The van der Waals surface area contributed by atoms with E-state index in [4.69, 9.17) is 15.5 Å². The van der Waals surface area contributed by atoms with Crippen molar-refractivity contribution in [3.8, 4) is 6.07 Å². The van der Waals surface area contributed by atoms with Crippen LogP contribution in [0.5, 0.6) is 0 Å². The zero-order valence-corrected chi connectivity index (χ0v) is 11.4. The Balaban J connectivity index is 2.56. The van der Waals surface area contributed by atoms with Crippen molar-refractivity contribution < 1.29 is 19.8 Å². The number of aliphatic hydroxyl groups is 1. The van der Waals surface area contributed by atoms with Crippen LogP contribution in [0.3, 0.4) is 0 Å². The summed E-state index contributed by atoms with van der Waals surface area (Å²) in [4.78, 5) is 25.6. The largest absolute Gasteiger partial charge is 0.465 e. The van der Waals surface area contributed by atoms with E-state index in [2.05, 4.69) is 5.32 Å². The first-order valence-corrected chi connectivity index (χ1v) is 6.44. The lowest BCUT2D eigenvalue weighted by atomic mass is 10.0. The smallest absolute Gasteiger partial charge is 0.407 e. The van der Waals surface area contributed by atoms with Crippen LogP contribution < -0.4 is 5.32 Å². The second-order valence-electron chi connectivity index (χ2n) is 4.80. The lowest BCUT2D eigenvalue weighted by Gasteiger charge is -2.38. The molecule has 0 bridgehead atoms. The molecule has 2 atom stereocenters. The van der Waals surface area contributed by atoms with Crippen LogP contribution >= 0.6 is 0 Å². The van der Waals surface area contributed by atoms with Gasteiger partial charge in [0, 0.05) is 39.1 Å². The fourth-order valence-corrected chi connectivity index (χ4v) is 2.16. The van der Waals surface area contributed by atoms with Crippen LogP contribution in [0.1, 0.15) is 12.8 Å². The molecule has 20 heavy (non-hydrogen) atoms. The van der Waals surface area contributed by atoms with Crippen molar-refractivity contribution in [2.45, 2.75) is 24.9 Å². The molecule has 0 aromatic rings. The van der Waals surface area contributed by atoms with Gasteiger partial charge in [0.2, 0.25) is 5.91 Å². The van der Waals surface area contributed by atoms with Crippen molar-refractivity contribution in [2.75, 3.05) is 33.3 Å². The number of carbonyl (C=O) groups is 2. The van der Waals surface area contributed by atoms with Crippen LogP contribution in [0, 0.1) is 11.3 Å². The van der Waals surface area contributed by atoms with Gasteiger partial charge in [-0.2, -0.15) is 5.26 Å². The Labute approximate surface area is 117 Å². The van der Waals surface area contributed by atoms with Gasteiger partial charge in [-0.05, 0) is 0 Å². The molecule has 0 radical (unpaired) electrons. The monoisotopic (exact) mass is 284 g/mol. The Hall–Kier alpha value is -1.85. The van der Waals surface area contributed by atoms with Crippen LogP contribution in [0.4, 0.5) is 4.79 Å². The average Bonchev–Trinajstić information content (AvgIpc) is 2.40. The van der Waals surface area contributed by atoms with Gasteiger partial charge in [-0.25, -0.2) is 4.79 Å². The van der Waals surface area contributed by atoms with Crippen molar-refractivity contribution in [1.29, 1.82) is 5.26 Å². The summed E-state index contributed by atoms with van der Waals surface area (Å²) in [6.07, 6.45) is -0.780. The van der Waals surface area contributed by atoms with E-state index >= 15 is 0 Å². The quantitative estimate of drug-likeness (QED) is 0.600. The van der Waals surface area contributed by atoms with Gasteiger partial charge in [-0.1, -0.05) is 0 Å². The van der Waals surface area contributed by atoms with Crippen molar-refractivity contribution >= 4 is 12.0 Å². The zero-order chi connectivity index (χ0) is 15.1. The summed E-state index contributed by atoms with van der Waals surface area (Å²) in [5, 5.41) is 29.7. The summed E-state index contributed by atoms with van der Waals surface area (Å²) < 4.78 is 0. The molecule has 0 aliphatic carbocycles. The maximum atomic E-state index is 11.8. The molecule has 112 valence electrons. The Morgan fingerprint density at radius 1 is 1.55 bits per heavy atom. The Morgan fingerprint density at radius 2 is 2.25 bits per heavy atom. The summed E-state index contributed by atoms with van der Waals surface area (Å²) in [6, 6.07) is 1.32. The molecule has 1 aliphatic rings. The second kappa shape index (κ2) is 7.67. The molecule has 1 aliphatic heterocycles. The molecule has 8 heteroatoms. The fraction of sp³-hybridized carbons (Fsp3) is 0.750. The first kappa shape index (κ1) is 16.2. The molecule has 2 unspecified atom stereocenters. The van der Waals surface area contributed by atoms with Crippen LogP contribution in [0.15, 0.2) is 0 Å². The number of carbonyl (C=O) groups excluding carboxylic acids is 1. The van der Waals surface area contributed by atoms with Crippen molar-refractivity contribution in [1.82, 2.24) is 15.1 Å². The average molecular weight is 284 g/mol. The molecule has 1 heterocycles. The summed E-state index contributed by atoms with van der Waals surface area (Å²) in [7, 11) is 1.59. The third-order valence-corrected chi connectivity index (χ3v) is 3.35. The molecule has 8 nitrogen and oxygen atoms in total. The Kier molecular flexibility index (Phi) is 6.21. The highest BCUT2D eigenvalue weighted by Crippen LogP contribution is 2.13. The van der Waals surface area contributed by atoms with Gasteiger partial charge < -0.3 is 25.3 Å². The minimum atomic E-state index is -1.08. The third kappa shape index (κ3) is 4.36. The summed E-state index contributed by atoms with van der Waals surface area (Å²) in [5.41, 5.74) is 0. The Bertz CT molecular complexity index is 395. The van der Waals surface area contributed by atoms with Gasteiger partial charge in [0.25, 0.3) is 0 Å². The molecule has 0 aromatic heterocycles. The van der Waals surface area contributed by atoms with Crippen LogP contribution in [-0.4, -0.2) is 77.4 Å². The molecular weight excluding hydrogens is 264 g/mol. The maximum Gasteiger partial charge on any atom is 0.407 e. The zero-order valence-electron chi connectivity index (χ0n) is 11.4. The second-order valence-corrected chi connectivity index (χ2v) is 4.80. The van der Waals surface area contributed by atoms with Crippen molar-refractivity contribution in [3.63, 3.8) is 0 Å². The number of hydrogen-bond donors (Lipinski definition) is 3. The number of nitrogens with zero attached hydrogens (tertiary/aromatic N) is 3. The molecule has 0 spiro atoms. The highest BCUT2D eigenvalue weighted by molar-refractivity contribution is 5.76. The number of carboxylic acid groups (broad SMARTS) is 1. The van der Waals surface area contributed by atoms with Gasteiger partial charge in [0.05, 0.1) is 25.1 Å². The number of hydrogen-bond acceptors (Lipinski definition) is 5. The number of nitriles is 1. The first-order chi connectivity index (χ1) is 9.49. The van der Waals surface area contributed by atoms with Crippen LogP contribution in [0.25, 0.3) is 0 Å². The van der Waals surface area contributed by atoms with Crippen LogP contribution in [0.2, 0.25) is 0 Å². The molecule has 1 rings (SSSR count). The molecule has 1 fully saturated rings. The SMILES string of the molecule is CN(CCO)C(=O)CC1CN(C(=O)O)C(CC#N)CN1. The molecule has 0 saturated carbocycles. The molecule has 3 N–H and O–H groups in total. The predicted molar refractivity (Wildman–Crippen MR) is 69.9 cm³/mol. The molecule has 1 saturated heterocycles. The number of piperazine rings is 1. The highest BCUT2D eigenvalue weighted by atomic mass is 16.4. The summed E-state index contributed by atoms with van der Waals surface area (Å²) in [6.45, 7) is 0.693. The van der Waals surface area contributed by atoms with Gasteiger partial charge in [-0.3, -0.25) is 4.79 Å². The van der Waals surface area contributed by atoms with Gasteiger partial charge in [0.1, 0.15) is 0 Å². The first-order valence-electron chi connectivity index (χ1n) is 6.44. The van der Waals surface area contributed by atoms with Gasteiger partial charge in [-0.15, -0.1) is 0 Å². The van der Waals surface area contributed by atoms with Gasteiger partial charge >= 0.3 is 6.09 Å². The van der Waals surface area contributed by atoms with E-state index in [1.165, 1.54) is 9.80 Å². The Morgan fingerprint density at radius 3 is 2.80 bits per heavy atom. The minimum Gasteiger partial charge on any atom is -0.465 e. The topological polar surface area (TPSA) is 117 Å². The van der Waals surface area contributed by atoms with Crippen molar-refractivity contribution in [3.05, 3.63) is 0 Å². The number of nitrogens with one attached hydrogen (secondary N) is 1. The van der Waals surface area contributed by atoms with E-state index in [-0.39, 0.29) is 50.5 Å². The van der Waals surface area contributed by atoms with Crippen molar-refractivity contribution in [2.24, 2.45) is 0 Å². The number of rotatable bonds is 5. The van der Waals surface area contributed by atoms with E-state index in [1.807, 2.05) is 6.07 Å². The third-order valence-electron chi connectivity index (χ3n) is 3.35. The fourth-order valence-electron chi connectivity index (χ4n) is 2.16. The predicted octanol–water partition coefficient (Wildman–Crippen LogP) is -0.939. The van der Waals surface area contributed by atoms with E-state index in [0.29, 0.717) is 6.54 Å². The minimum absolute atomic E-state index is 0.105. The molecular formula is C12H20N4O4. The lowest BCUT2D eigenvalue weighted by Crippen LogP contribution is -2.58. The van der Waals surface area contributed by atoms with Crippen LogP contribution in [-0.2, 0) is 4.79 Å². The lowest BCUT2D eigenvalue weighted by molar-refractivity contribution is -0.131. The van der Waals surface area contributed by atoms with E-state index in [0.717, 1.165) is 0 Å². The van der Waals surface area contributed by atoms with Gasteiger partial charge in [0.15, 0.2) is 0 Å². The molecule has 2 amide bonds. The van der Waals surface area contributed by atoms with E-state index in [9.17, 15) is 9.59 Å². The number of amides is 2.